The number of nitrogens with one attached hydrogen (secondary N) is 2. The first-order chi connectivity index (χ1) is 16.9. The molecule has 8 nitrogen and oxygen atoms in total. The van der Waals surface area contributed by atoms with Gasteiger partial charge in [0, 0.05) is 50.2 Å². The minimum atomic E-state index is -0.176. The van der Waals surface area contributed by atoms with Crippen molar-refractivity contribution in [2.75, 3.05) is 36.2 Å². The molecule has 0 atom stereocenters. The summed E-state index contributed by atoms with van der Waals surface area (Å²) >= 11 is 0. The molecule has 0 amide bonds. The molecule has 1 aliphatic rings. The Hall–Kier alpha value is -4.04. The summed E-state index contributed by atoms with van der Waals surface area (Å²) in [7, 11) is 6.00. The number of aryl methyl sites for hydroxylation is 2. The van der Waals surface area contributed by atoms with Crippen LogP contribution in [0.2, 0.25) is 0 Å². The summed E-state index contributed by atoms with van der Waals surface area (Å²) in [4.78, 5) is 19.2. The molecule has 0 unspecified atom stereocenters. The summed E-state index contributed by atoms with van der Waals surface area (Å²) in [6.45, 7) is 1.84. The van der Waals surface area contributed by atoms with Crippen LogP contribution in [0.5, 0.6) is 0 Å². The third-order valence-electron chi connectivity index (χ3n) is 5.65. The first-order valence-electron chi connectivity index (χ1n) is 11.6. The van der Waals surface area contributed by atoms with E-state index in [0.717, 1.165) is 42.3 Å². The number of nitrogens with zero attached hydrogens (tertiary/aromatic N) is 4. The number of benzene rings is 2. The monoisotopic (exact) mass is 505 g/mol. The lowest BCUT2D eigenvalue weighted by Gasteiger charge is -2.15. The van der Waals surface area contributed by atoms with E-state index in [1.54, 1.807) is 6.08 Å². The van der Waals surface area contributed by atoms with E-state index in [0.29, 0.717) is 17.1 Å². The number of ketones is 1. The maximum Gasteiger partial charge on any atom is 0.243 e. The molecule has 1 aromatic heterocycles. The summed E-state index contributed by atoms with van der Waals surface area (Å²) in [6.07, 6.45) is 10.3. The van der Waals surface area contributed by atoms with E-state index in [1.807, 2.05) is 85.3 Å². The smallest absolute Gasteiger partial charge is 0.243 e. The lowest BCUT2D eigenvalue weighted by atomic mass is 10.1. The van der Waals surface area contributed by atoms with Crippen LogP contribution >= 0.6 is 0 Å². The predicted molar refractivity (Wildman–Crippen MR) is 142 cm³/mol. The van der Waals surface area contributed by atoms with Crippen molar-refractivity contribution in [3.05, 3.63) is 90.8 Å². The predicted octanol–water partition coefficient (Wildman–Crippen LogP) is 0.379. The van der Waals surface area contributed by atoms with Crippen molar-refractivity contribution >= 4 is 34.2 Å². The van der Waals surface area contributed by atoms with Crippen molar-refractivity contribution in [2.24, 2.45) is 17.8 Å². The van der Waals surface area contributed by atoms with Crippen LogP contribution in [0.15, 0.2) is 95.8 Å². The number of aromatic nitrogens is 2. The van der Waals surface area contributed by atoms with Gasteiger partial charge in [0.2, 0.25) is 12.1 Å². The summed E-state index contributed by atoms with van der Waals surface area (Å²) in [5.41, 5.74) is 11.1. The van der Waals surface area contributed by atoms with Crippen molar-refractivity contribution < 1.29 is 21.8 Å². The molecular weight excluding hydrogens is 474 g/mol. The molecule has 4 N–H and O–H groups in total. The molecule has 0 spiro atoms. The second kappa shape index (κ2) is 12.1. The second-order valence-corrected chi connectivity index (χ2v) is 8.73. The number of carbonyl (C=O) groups is 1. The Morgan fingerprint density at radius 1 is 1.03 bits per heavy atom. The molecule has 1 heterocycles. The fourth-order valence-corrected chi connectivity index (χ4v) is 3.70. The molecule has 36 heavy (non-hydrogen) atoms. The van der Waals surface area contributed by atoms with Gasteiger partial charge in [-0.3, -0.25) is 4.79 Å². The zero-order valence-corrected chi connectivity index (χ0v) is 21.5. The molecule has 0 fully saturated rings. The number of nitrogens with two attached hydrogens (primary N) is 1. The summed E-state index contributed by atoms with van der Waals surface area (Å²) < 4.78 is 4.20. The summed E-state index contributed by atoms with van der Waals surface area (Å²) in [5.74, 6) is -0.176. The maximum absolute atomic E-state index is 12.5. The number of anilines is 3. The van der Waals surface area contributed by atoms with Gasteiger partial charge in [-0.1, -0.05) is 0 Å². The first-order valence-corrected chi connectivity index (χ1v) is 11.6. The van der Waals surface area contributed by atoms with Gasteiger partial charge in [0.05, 0.1) is 36.4 Å². The topological polar surface area (TPSA) is 91.6 Å². The quantitative estimate of drug-likeness (QED) is 0.222. The molecule has 2 aromatic carbocycles. The second-order valence-electron chi connectivity index (χ2n) is 8.73. The molecule has 0 saturated carbocycles. The zero-order chi connectivity index (χ0) is 24.8. The number of hydrogen-bond donors (Lipinski definition) is 3. The highest BCUT2D eigenvalue weighted by Gasteiger charge is 2.17. The van der Waals surface area contributed by atoms with Crippen molar-refractivity contribution in [3.8, 4) is 0 Å². The number of halogens is 1. The van der Waals surface area contributed by atoms with E-state index in [2.05, 4.69) is 32.7 Å². The van der Waals surface area contributed by atoms with Crippen molar-refractivity contribution in [2.45, 2.75) is 13.0 Å². The minimum absolute atomic E-state index is 0. The van der Waals surface area contributed by atoms with E-state index in [1.165, 1.54) is 6.08 Å². The Labute approximate surface area is 218 Å². The van der Waals surface area contributed by atoms with Gasteiger partial charge in [-0.15, -0.1) is 0 Å². The standard InChI is InChI=1S/C27H31N7O.ClH/c1-32(2)23-11-9-22(10-12-23)30-25-18-26(27(35)17-24(25)28)31-21-7-5-20(6-8-21)29-13-4-14-34-16-15-33(3)19-34;/h5-12,15-19H,4,13-14H2,1-3H3,(H3-,28,29,30,31,35);1H. The third kappa shape index (κ3) is 6.99. The number of hydrogen-bond acceptors (Lipinski definition) is 6. The van der Waals surface area contributed by atoms with Crippen LogP contribution in [-0.2, 0) is 18.4 Å². The van der Waals surface area contributed by atoms with E-state index in [4.69, 9.17) is 5.73 Å². The van der Waals surface area contributed by atoms with Crippen molar-refractivity contribution in [1.82, 2.24) is 4.57 Å². The van der Waals surface area contributed by atoms with E-state index in [-0.39, 0.29) is 18.2 Å². The highest BCUT2D eigenvalue weighted by atomic mass is 35.5. The van der Waals surface area contributed by atoms with Crippen LogP contribution in [0.4, 0.5) is 22.7 Å². The van der Waals surface area contributed by atoms with Crippen LogP contribution < -0.4 is 38.2 Å². The lowest BCUT2D eigenvalue weighted by molar-refractivity contribution is -0.671. The molecule has 188 valence electrons. The van der Waals surface area contributed by atoms with Crippen molar-refractivity contribution in [1.29, 1.82) is 0 Å². The van der Waals surface area contributed by atoms with Crippen LogP contribution in [0.25, 0.3) is 0 Å². The lowest BCUT2D eigenvalue weighted by Crippen LogP contribution is -3.00. The van der Waals surface area contributed by atoms with Gasteiger partial charge >= 0.3 is 0 Å². The summed E-state index contributed by atoms with van der Waals surface area (Å²) in [5, 5.41) is 6.63. The van der Waals surface area contributed by atoms with Gasteiger partial charge in [0.25, 0.3) is 0 Å². The molecular formula is C27H32ClN7O. The molecule has 4 rings (SSSR count). The van der Waals surface area contributed by atoms with Gasteiger partial charge in [-0.2, -0.15) is 0 Å². The average Bonchev–Trinajstić information content (AvgIpc) is 3.26. The molecule has 0 saturated heterocycles. The minimum Gasteiger partial charge on any atom is -1.00 e. The first kappa shape index (κ1) is 26.6. The Bertz CT molecular complexity index is 1270. The highest BCUT2D eigenvalue weighted by molar-refractivity contribution is 6.23. The number of carbonyl (C=O) groups excluding carboxylic acids is 1. The normalized spacial score (nSPS) is 14.1. The van der Waals surface area contributed by atoms with E-state index < -0.39 is 0 Å². The molecule has 0 bridgehead atoms. The molecule has 9 heteroatoms. The van der Waals surface area contributed by atoms with Crippen molar-refractivity contribution in [3.63, 3.8) is 0 Å². The number of imidazole rings is 1. The number of allylic oxidation sites excluding steroid dienone is 2. The number of aliphatic imine (C=N–C) groups is 1. The highest BCUT2D eigenvalue weighted by Crippen LogP contribution is 2.22. The SMILES string of the molecule is CN(C)c1ccc(N=C2C=C(Nc3ccc(NCCCn4cc[n+](C)c4)cc3)C(=O)C=C2N)cc1.[Cl-]. The largest absolute Gasteiger partial charge is 1.00 e. The van der Waals surface area contributed by atoms with Gasteiger partial charge in [-0.05, 0) is 54.6 Å². The average molecular weight is 506 g/mol. The number of rotatable bonds is 9. The van der Waals surface area contributed by atoms with E-state index in [9.17, 15) is 4.79 Å². The molecule has 3 aromatic rings. The summed E-state index contributed by atoms with van der Waals surface area (Å²) in [6, 6.07) is 15.7. The van der Waals surface area contributed by atoms with Crippen LogP contribution in [0.3, 0.4) is 0 Å². The fraction of sp³-hybridized carbons (Fsp3) is 0.222. The van der Waals surface area contributed by atoms with Gasteiger partial charge in [0.1, 0.15) is 12.4 Å². The van der Waals surface area contributed by atoms with Gasteiger partial charge < -0.3 is 33.7 Å². The van der Waals surface area contributed by atoms with Crippen LogP contribution in [0, 0.1) is 0 Å². The van der Waals surface area contributed by atoms with Gasteiger partial charge in [0.15, 0.2) is 0 Å². The van der Waals surface area contributed by atoms with Crippen LogP contribution in [-0.4, -0.2) is 36.7 Å². The fourth-order valence-electron chi connectivity index (χ4n) is 3.70. The molecule has 1 aliphatic carbocycles. The Morgan fingerprint density at radius 3 is 2.36 bits per heavy atom. The third-order valence-corrected chi connectivity index (χ3v) is 5.65. The van der Waals surface area contributed by atoms with Crippen LogP contribution in [0.1, 0.15) is 6.42 Å². The maximum atomic E-state index is 12.5. The molecule has 0 radical (unpaired) electrons. The Balaban J connectivity index is 0.00000361. The Kier molecular flexibility index (Phi) is 8.91. The molecule has 0 aliphatic heterocycles. The zero-order valence-electron chi connectivity index (χ0n) is 20.8. The Morgan fingerprint density at radius 2 is 1.72 bits per heavy atom. The van der Waals surface area contributed by atoms with Gasteiger partial charge in [-0.25, -0.2) is 14.1 Å². The van der Waals surface area contributed by atoms with E-state index >= 15 is 0 Å².